The van der Waals surface area contributed by atoms with Crippen LogP contribution >= 0.6 is 11.6 Å². The van der Waals surface area contributed by atoms with E-state index >= 15 is 0 Å². The third-order valence-corrected chi connectivity index (χ3v) is 7.52. The van der Waals surface area contributed by atoms with Crippen molar-refractivity contribution in [3.63, 3.8) is 0 Å². The highest BCUT2D eigenvalue weighted by atomic mass is 35.5. The van der Waals surface area contributed by atoms with Crippen molar-refractivity contribution in [1.29, 1.82) is 0 Å². The molecule has 5 rings (SSSR count). The van der Waals surface area contributed by atoms with Gasteiger partial charge in [0.25, 0.3) is 11.5 Å². The minimum absolute atomic E-state index is 0.158. The molecule has 0 saturated heterocycles. The number of hydrogen-bond donors (Lipinski definition) is 2. The van der Waals surface area contributed by atoms with E-state index in [1.54, 1.807) is 24.3 Å². The van der Waals surface area contributed by atoms with Gasteiger partial charge in [0.2, 0.25) is 5.91 Å². The lowest BCUT2D eigenvalue weighted by Gasteiger charge is -2.16. The van der Waals surface area contributed by atoms with Gasteiger partial charge in [-0.3, -0.25) is 19.0 Å². The second-order valence-electron chi connectivity index (χ2n) is 10.1. The lowest BCUT2D eigenvalue weighted by Crippen LogP contribution is -2.41. The number of halogens is 1. The molecule has 1 aromatic heterocycles. The number of aromatic nitrogens is 2. The third-order valence-electron chi connectivity index (χ3n) is 7.29. The van der Waals surface area contributed by atoms with Crippen LogP contribution in [0.1, 0.15) is 28.4 Å². The fourth-order valence-electron chi connectivity index (χ4n) is 4.95. The molecule has 10 heteroatoms. The van der Waals surface area contributed by atoms with Gasteiger partial charge in [0.1, 0.15) is 12.3 Å². The maximum Gasteiger partial charge on any atom is 0.336 e. The van der Waals surface area contributed by atoms with Crippen LogP contribution in [0.2, 0.25) is 5.02 Å². The van der Waals surface area contributed by atoms with Crippen molar-refractivity contribution in [2.75, 3.05) is 19.0 Å². The van der Waals surface area contributed by atoms with Crippen molar-refractivity contribution in [2.24, 2.45) is 0 Å². The number of hydrogen-bond acceptors (Lipinski definition) is 5. The normalized spacial score (nSPS) is 10.9. The Balaban J connectivity index is 1.54. The first-order valence-electron chi connectivity index (χ1n) is 14.1. The number of anilines is 1. The predicted octanol–water partition coefficient (Wildman–Crippen LogP) is 4.99. The minimum Gasteiger partial charge on any atom is -0.495 e. The number of fused-ring (bicyclic) bond motifs is 1. The summed E-state index contributed by atoms with van der Waals surface area (Å²) in [7, 11) is 1.46. The van der Waals surface area contributed by atoms with Crippen molar-refractivity contribution >= 4 is 40.0 Å². The molecule has 5 aromatic rings. The first-order chi connectivity index (χ1) is 21.3. The molecule has 9 nitrogen and oxygen atoms in total. The lowest BCUT2D eigenvalue weighted by atomic mass is 10.1. The smallest absolute Gasteiger partial charge is 0.336 e. The van der Waals surface area contributed by atoms with E-state index in [2.05, 4.69) is 10.6 Å². The summed E-state index contributed by atoms with van der Waals surface area (Å²) in [5, 5.41) is 6.19. The molecule has 0 bridgehead atoms. The number of carbonyl (C=O) groups is 2. The van der Waals surface area contributed by atoms with E-state index in [9.17, 15) is 19.2 Å². The summed E-state index contributed by atoms with van der Waals surface area (Å²) < 4.78 is 7.56. The van der Waals surface area contributed by atoms with Crippen LogP contribution in [0.5, 0.6) is 5.75 Å². The zero-order valence-corrected chi connectivity index (χ0v) is 25.1. The molecule has 0 saturated carbocycles. The number of amides is 2. The van der Waals surface area contributed by atoms with Crippen molar-refractivity contribution in [1.82, 2.24) is 14.5 Å². The van der Waals surface area contributed by atoms with Crippen LogP contribution in [0, 0.1) is 0 Å². The van der Waals surface area contributed by atoms with Crippen molar-refractivity contribution in [3.8, 4) is 11.4 Å². The summed E-state index contributed by atoms with van der Waals surface area (Å²) in [5.74, 6) is -0.539. The second kappa shape index (κ2) is 13.4. The Labute approximate surface area is 258 Å². The molecular formula is C34H31ClN4O5. The molecular weight excluding hydrogens is 580 g/mol. The molecule has 0 unspecified atom stereocenters. The van der Waals surface area contributed by atoms with Gasteiger partial charge in [0, 0.05) is 17.1 Å². The molecule has 2 N–H and O–H groups in total. The zero-order valence-electron chi connectivity index (χ0n) is 24.3. The fraction of sp³-hybridized carbons (Fsp3) is 0.176. The maximum absolute atomic E-state index is 13.9. The largest absolute Gasteiger partial charge is 0.495 e. The zero-order chi connectivity index (χ0) is 31.2. The number of ether oxygens (including phenoxy) is 1. The van der Waals surface area contributed by atoms with Crippen molar-refractivity contribution < 1.29 is 14.3 Å². The molecule has 224 valence electrons. The summed E-state index contributed by atoms with van der Waals surface area (Å²) in [6, 6.07) is 26.1. The van der Waals surface area contributed by atoms with Crippen LogP contribution in [0.25, 0.3) is 16.6 Å². The van der Waals surface area contributed by atoms with Gasteiger partial charge in [0.05, 0.1) is 29.4 Å². The van der Waals surface area contributed by atoms with E-state index in [1.807, 2.05) is 49.4 Å². The maximum atomic E-state index is 13.9. The molecule has 0 fully saturated rings. The first-order valence-corrected chi connectivity index (χ1v) is 14.5. The summed E-state index contributed by atoms with van der Waals surface area (Å²) in [6.45, 7) is 1.96. The second-order valence-corrected chi connectivity index (χ2v) is 10.6. The van der Waals surface area contributed by atoms with E-state index in [0.29, 0.717) is 35.1 Å². The number of benzene rings is 4. The number of rotatable bonds is 10. The molecule has 1 heterocycles. The molecule has 0 aliphatic rings. The summed E-state index contributed by atoms with van der Waals surface area (Å²) in [4.78, 5) is 54.0. The third kappa shape index (κ3) is 6.58. The first kappa shape index (κ1) is 30.3. The highest BCUT2D eigenvalue weighted by molar-refractivity contribution is 6.31. The van der Waals surface area contributed by atoms with Crippen LogP contribution < -0.4 is 26.6 Å². The number of carbonyl (C=O) groups excluding carboxylic acids is 2. The molecule has 44 heavy (non-hydrogen) atoms. The van der Waals surface area contributed by atoms with Gasteiger partial charge >= 0.3 is 5.69 Å². The van der Waals surface area contributed by atoms with Gasteiger partial charge < -0.3 is 15.4 Å². The summed E-state index contributed by atoms with van der Waals surface area (Å²) >= 11 is 6.13. The average Bonchev–Trinajstić information content (AvgIpc) is 3.03. The van der Waals surface area contributed by atoms with Crippen LogP contribution in [-0.2, 0) is 24.2 Å². The standard InChI is InChI=1S/C34H31ClN4O5/c1-3-22-9-13-26(14-10-22)39-33(42)27-15-11-24(32(41)36-18-17-23-7-5-4-6-8-23)19-29(27)38(34(39)43)21-31(40)37-28-20-25(35)12-16-30(28)44-2/h4-16,19-20H,3,17-18,21H2,1-2H3,(H,36,41)(H,37,40). The van der Waals surface area contributed by atoms with Gasteiger partial charge in [-0.1, -0.05) is 61.0 Å². The van der Waals surface area contributed by atoms with Gasteiger partial charge in [-0.05, 0) is 72.5 Å². The molecule has 0 aliphatic carbocycles. The summed E-state index contributed by atoms with van der Waals surface area (Å²) in [6.07, 6.45) is 1.43. The van der Waals surface area contributed by atoms with Crippen LogP contribution in [0.15, 0.2) is 101 Å². The number of aryl methyl sites for hydroxylation is 1. The molecule has 0 spiro atoms. The Morgan fingerprint density at radius 1 is 0.886 bits per heavy atom. The molecule has 0 aliphatic heterocycles. The molecule has 4 aromatic carbocycles. The van der Waals surface area contributed by atoms with Crippen LogP contribution in [0.3, 0.4) is 0 Å². The van der Waals surface area contributed by atoms with E-state index in [-0.39, 0.29) is 22.4 Å². The Morgan fingerprint density at radius 2 is 1.64 bits per heavy atom. The summed E-state index contributed by atoms with van der Waals surface area (Å²) in [5.41, 5.74) is 1.94. The Morgan fingerprint density at radius 3 is 2.34 bits per heavy atom. The van der Waals surface area contributed by atoms with E-state index in [0.717, 1.165) is 22.1 Å². The minimum atomic E-state index is -0.721. The Hall–Kier alpha value is -5.15. The Bertz CT molecular complexity index is 1950. The van der Waals surface area contributed by atoms with Crippen molar-refractivity contribution in [2.45, 2.75) is 26.3 Å². The quantitative estimate of drug-likeness (QED) is 0.231. The van der Waals surface area contributed by atoms with Gasteiger partial charge in [-0.2, -0.15) is 0 Å². The lowest BCUT2D eigenvalue weighted by molar-refractivity contribution is -0.116. The van der Waals surface area contributed by atoms with Gasteiger partial charge in [-0.25, -0.2) is 9.36 Å². The topological polar surface area (TPSA) is 111 Å². The molecule has 2 amide bonds. The number of nitrogens with one attached hydrogen (secondary N) is 2. The Kier molecular flexibility index (Phi) is 9.26. The van der Waals surface area contributed by atoms with E-state index < -0.39 is 23.7 Å². The fourth-order valence-corrected chi connectivity index (χ4v) is 5.12. The van der Waals surface area contributed by atoms with Crippen molar-refractivity contribution in [3.05, 3.63) is 134 Å². The van der Waals surface area contributed by atoms with Crippen LogP contribution in [-0.4, -0.2) is 34.6 Å². The van der Waals surface area contributed by atoms with Gasteiger partial charge in [-0.15, -0.1) is 0 Å². The SMILES string of the molecule is CCc1ccc(-n2c(=O)c3ccc(C(=O)NCCc4ccccc4)cc3n(CC(=O)Nc3cc(Cl)ccc3OC)c2=O)cc1. The van der Waals surface area contributed by atoms with Gasteiger partial charge in [0.15, 0.2) is 0 Å². The molecule has 0 radical (unpaired) electrons. The average molecular weight is 611 g/mol. The van der Waals surface area contributed by atoms with E-state index in [4.69, 9.17) is 16.3 Å². The predicted molar refractivity (Wildman–Crippen MR) is 172 cm³/mol. The monoisotopic (exact) mass is 610 g/mol. The number of nitrogens with zero attached hydrogens (tertiary/aromatic N) is 2. The highest BCUT2D eigenvalue weighted by Gasteiger charge is 2.19. The van der Waals surface area contributed by atoms with E-state index in [1.165, 1.54) is 35.9 Å². The molecule has 0 atom stereocenters. The highest BCUT2D eigenvalue weighted by Crippen LogP contribution is 2.27. The number of methoxy groups -OCH3 is 1. The van der Waals surface area contributed by atoms with Crippen LogP contribution in [0.4, 0.5) is 5.69 Å².